The molecule has 3 aliphatic rings. The third kappa shape index (κ3) is 5.21. The molecule has 176 valence electrons. The quantitative estimate of drug-likeness (QED) is 0.694. The van der Waals surface area contributed by atoms with E-state index in [0.29, 0.717) is 31.9 Å². The van der Waals surface area contributed by atoms with E-state index in [-0.39, 0.29) is 23.6 Å². The molecule has 0 radical (unpaired) electrons. The number of aromatic nitrogens is 1. The Bertz CT molecular complexity index is 968. The van der Waals surface area contributed by atoms with E-state index in [0.717, 1.165) is 44.0 Å². The number of anilines is 1. The van der Waals surface area contributed by atoms with Crippen LogP contribution in [-0.4, -0.2) is 67.8 Å². The number of likely N-dealkylation sites (tertiary alicyclic amines) is 1. The Labute approximate surface area is 193 Å². The number of hydrogen-bond donors (Lipinski definition) is 1. The number of pyridine rings is 1. The van der Waals surface area contributed by atoms with Crippen molar-refractivity contribution < 1.29 is 18.7 Å². The second-order valence-electron chi connectivity index (χ2n) is 9.14. The number of amides is 1. The summed E-state index contributed by atoms with van der Waals surface area (Å²) in [6.45, 7) is 5.10. The molecular weight excluding hydrogens is 423 g/mol. The number of halogens is 1. The molecule has 1 aromatic carbocycles. The Hall–Kier alpha value is -2.87. The van der Waals surface area contributed by atoms with Gasteiger partial charge in [-0.25, -0.2) is 9.37 Å². The van der Waals surface area contributed by atoms with Crippen molar-refractivity contribution in [1.29, 1.82) is 0 Å². The standard InChI is InChI=1S/C25H31FN4O3/c26-21-14-18(15-22-24(21)33-12-11-32-22)13-20(17-29-8-3-4-9-29)28-25(31)19-6-10-30(16-19)23-5-1-2-7-27-23/h1-2,5,7,14-15,19-20H,3-4,6,8-13,16-17H2,(H,28,31)/t19-,20?/m1/s1. The molecule has 0 saturated carbocycles. The predicted octanol–water partition coefficient (Wildman–Crippen LogP) is 2.64. The first-order chi connectivity index (χ1) is 16.2. The van der Waals surface area contributed by atoms with Crippen LogP contribution in [0.3, 0.4) is 0 Å². The number of rotatable bonds is 7. The lowest BCUT2D eigenvalue weighted by Gasteiger charge is -2.27. The van der Waals surface area contributed by atoms with Crippen LogP contribution in [0.4, 0.5) is 10.2 Å². The number of ether oxygens (including phenoxy) is 2. The normalized spacial score (nSPS) is 21.2. The van der Waals surface area contributed by atoms with E-state index < -0.39 is 5.82 Å². The van der Waals surface area contributed by atoms with Crippen LogP contribution in [0.25, 0.3) is 0 Å². The molecule has 1 amide bonds. The van der Waals surface area contributed by atoms with E-state index in [9.17, 15) is 9.18 Å². The van der Waals surface area contributed by atoms with Gasteiger partial charge in [-0.05, 0) is 68.6 Å². The summed E-state index contributed by atoms with van der Waals surface area (Å²) in [5.74, 6) is 1.12. The number of nitrogens with one attached hydrogen (secondary N) is 1. The van der Waals surface area contributed by atoms with Gasteiger partial charge in [0.2, 0.25) is 5.91 Å². The molecule has 8 heteroatoms. The summed E-state index contributed by atoms with van der Waals surface area (Å²) in [6, 6.07) is 9.10. The lowest BCUT2D eigenvalue weighted by atomic mass is 10.0. The lowest BCUT2D eigenvalue weighted by molar-refractivity contribution is -0.125. The zero-order valence-electron chi connectivity index (χ0n) is 18.8. The van der Waals surface area contributed by atoms with Gasteiger partial charge in [0.25, 0.3) is 0 Å². The largest absolute Gasteiger partial charge is 0.486 e. The maximum absolute atomic E-state index is 14.6. The zero-order valence-corrected chi connectivity index (χ0v) is 18.8. The molecule has 2 atom stereocenters. The number of carbonyl (C=O) groups is 1. The van der Waals surface area contributed by atoms with Gasteiger partial charge in [0.05, 0.1) is 5.92 Å². The molecule has 1 N–H and O–H groups in total. The monoisotopic (exact) mass is 454 g/mol. The van der Waals surface area contributed by atoms with Gasteiger partial charge < -0.3 is 24.6 Å². The van der Waals surface area contributed by atoms with Crippen molar-refractivity contribution in [3.8, 4) is 11.5 Å². The van der Waals surface area contributed by atoms with E-state index >= 15 is 0 Å². The zero-order chi connectivity index (χ0) is 22.6. The molecule has 5 rings (SSSR count). The SMILES string of the molecule is O=C(NC(Cc1cc(F)c2c(c1)OCCO2)CN1CCCC1)[C@@H]1CCN(c2ccccn2)C1. The van der Waals surface area contributed by atoms with Crippen molar-refractivity contribution in [2.75, 3.05) is 50.8 Å². The van der Waals surface area contributed by atoms with Gasteiger partial charge in [0.1, 0.15) is 19.0 Å². The topological polar surface area (TPSA) is 66.9 Å². The van der Waals surface area contributed by atoms with Crippen molar-refractivity contribution in [3.05, 3.63) is 47.9 Å². The van der Waals surface area contributed by atoms with Crippen molar-refractivity contribution >= 4 is 11.7 Å². The Morgan fingerprint density at radius 3 is 2.85 bits per heavy atom. The average Bonchev–Trinajstić information content (AvgIpc) is 3.52. The van der Waals surface area contributed by atoms with Gasteiger partial charge in [0, 0.05) is 31.9 Å². The van der Waals surface area contributed by atoms with Crippen molar-refractivity contribution in [1.82, 2.24) is 15.2 Å². The minimum atomic E-state index is -0.407. The second kappa shape index (κ2) is 9.95. The van der Waals surface area contributed by atoms with Gasteiger partial charge >= 0.3 is 0 Å². The Kier molecular flexibility index (Phi) is 6.62. The molecule has 3 aliphatic heterocycles. The summed E-state index contributed by atoms with van der Waals surface area (Å²) in [4.78, 5) is 22.2. The minimum absolute atomic E-state index is 0.0654. The maximum Gasteiger partial charge on any atom is 0.225 e. The van der Waals surface area contributed by atoms with Crippen LogP contribution in [0, 0.1) is 11.7 Å². The lowest BCUT2D eigenvalue weighted by Crippen LogP contribution is -2.47. The first-order valence-electron chi connectivity index (χ1n) is 11.9. The first kappa shape index (κ1) is 21.9. The molecule has 2 saturated heterocycles. The number of fused-ring (bicyclic) bond motifs is 1. The summed E-state index contributed by atoms with van der Waals surface area (Å²) >= 11 is 0. The van der Waals surface area contributed by atoms with Crippen LogP contribution >= 0.6 is 0 Å². The Morgan fingerprint density at radius 1 is 1.18 bits per heavy atom. The molecule has 0 spiro atoms. The minimum Gasteiger partial charge on any atom is -0.486 e. The molecule has 1 unspecified atom stereocenters. The highest BCUT2D eigenvalue weighted by Crippen LogP contribution is 2.34. The van der Waals surface area contributed by atoms with Crippen LogP contribution in [0.1, 0.15) is 24.8 Å². The van der Waals surface area contributed by atoms with E-state index in [4.69, 9.17) is 9.47 Å². The van der Waals surface area contributed by atoms with E-state index in [1.807, 2.05) is 24.3 Å². The summed E-state index contributed by atoms with van der Waals surface area (Å²) in [5.41, 5.74) is 0.808. The van der Waals surface area contributed by atoms with Crippen molar-refractivity contribution in [2.45, 2.75) is 31.7 Å². The summed E-state index contributed by atoms with van der Waals surface area (Å²) in [7, 11) is 0. The average molecular weight is 455 g/mol. The second-order valence-corrected chi connectivity index (χ2v) is 9.14. The van der Waals surface area contributed by atoms with Gasteiger partial charge in [0.15, 0.2) is 17.3 Å². The van der Waals surface area contributed by atoms with E-state index in [1.54, 1.807) is 6.20 Å². The van der Waals surface area contributed by atoms with Crippen LogP contribution in [-0.2, 0) is 11.2 Å². The van der Waals surface area contributed by atoms with Gasteiger partial charge in [-0.15, -0.1) is 0 Å². The number of nitrogens with zero attached hydrogens (tertiary/aromatic N) is 3. The number of carbonyl (C=O) groups excluding carboxylic acids is 1. The fourth-order valence-electron chi connectivity index (χ4n) is 5.05. The van der Waals surface area contributed by atoms with Crippen LogP contribution in [0.5, 0.6) is 11.5 Å². The smallest absolute Gasteiger partial charge is 0.225 e. The first-order valence-corrected chi connectivity index (χ1v) is 11.9. The number of benzene rings is 1. The summed E-state index contributed by atoms with van der Waals surface area (Å²) < 4.78 is 25.6. The van der Waals surface area contributed by atoms with Crippen LogP contribution < -0.4 is 19.7 Å². The maximum atomic E-state index is 14.6. The Balaban J connectivity index is 1.26. The van der Waals surface area contributed by atoms with Gasteiger partial charge in [-0.1, -0.05) is 6.07 Å². The number of hydrogen-bond acceptors (Lipinski definition) is 6. The molecule has 0 bridgehead atoms. The van der Waals surface area contributed by atoms with Gasteiger partial charge in [-0.3, -0.25) is 4.79 Å². The van der Waals surface area contributed by atoms with Crippen molar-refractivity contribution in [2.24, 2.45) is 5.92 Å². The Morgan fingerprint density at radius 2 is 2.03 bits per heavy atom. The predicted molar refractivity (Wildman–Crippen MR) is 123 cm³/mol. The molecule has 0 aliphatic carbocycles. The third-order valence-corrected chi connectivity index (χ3v) is 6.69. The van der Waals surface area contributed by atoms with Crippen molar-refractivity contribution in [3.63, 3.8) is 0 Å². The highest BCUT2D eigenvalue weighted by molar-refractivity contribution is 5.80. The fourth-order valence-corrected chi connectivity index (χ4v) is 5.05. The molecule has 4 heterocycles. The summed E-state index contributed by atoms with van der Waals surface area (Å²) in [6.07, 6.45) is 5.49. The molecule has 33 heavy (non-hydrogen) atoms. The highest BCUT2D eigenvalue weighted by atomic mass is 19.1. The fraction of sp³-hybridized carbons (Fsp3) is 0.520. The molecule has 2 fully saturated rings. The molecule has 2 aromatic rings. The van der Waals surface area contributed by atoms with E-state index in [1.165, 1.54) is 18.9 Å². The molecular formula is C25H31FN4O3. The van der Waals surface area contributed by atoms with Crippen LogP contribution in [0.15, 0.2) is 36.5 Å². The summed E-state index contributed by atoms with van der Waals surface area (Å²) in [5, 5.41) is 3.28. The van der Waals surface area contributed by atoms with E-state index in [2.05, 4.69) is 20.1 Å². The van der Waals surface area contributed by atoms with Gasteiger partial charge in [-0.2, -0.15) is 0 Å². The van der Waals surface area contributed by atoms with Crippen LogP contribution in [0.2, 0.25) is 0 Å². The molecule has 7 nitrogen and oxygen atoms in total. The molecule has 1 aromatic heterocycles. The highest BCUT2D eigenvalue weighted by Gasteiger charge is 2.31. The third-order valence-electron chi connectivity index (χ3n) is 6.69.